The van der Waals surface area contributed by atoms with Crippen molar-refractivity contribution in [3.05, 3.63) is 58.3 Å². The van der Waals surface area contributed by atoms with Gasteiger partial charge in [0.25, 0.3) is 5.56 Å². The Labute approximate surface area is 193 Å². The van der Waals surface area contributed by atoms with E-state index in [1.807, 2.05) is 6.20 Å². The number of H-pyrrole nitrogens is 1. The van der Waals surface area contributed by atoms with Gasteiger partial charge in [0.15, 0.2) is 0 Å². The summed E-state index contributed by atoms with van der Waals surface area (Å²) in [5, 5.41) is 7.37. The highest BCUT2D eigenvalue weighted by Gasteiger charge is 2.33. The van der Waals surface area contributed by atoms with E-state index < -0.39 is 0 Å². The summed E-state index contributed by atoms with van der Waals surface area (Å²) in [7, 11) is 1.78. The molecule has 1 aromatic carbocycles. The van der Waals surface area contributed by atoms with Crippen LogP contribution in [0.3, 0.4) is 0 Å². The Morgan fingerprint density at radius 3 is 2.76 bits per heavy atom. The van der Waals surface area contributed by atoms with Gasteiger partial charge >= 0.3 is 0 Å². The quantitative estimate of drug-likeness (QED) is 0.518. The molecule has 1 unspecified atom stereocenters. The molecule has 0 amide bonds. The maximum Gasteiger partial charge on any atom is 0.252 e. The molecule has 1 aliphatic heterocycles. The fourth-order valence-electron chi connectivity index (χ4n) is 5.06. The molecule has 1 aliphatic rings. The lowest BCUT2D eigenvalue weighted by molar-refractivity contribution is 0.119. The summed E-state index contributed by atoms with van der Waals surface area (Å²) in [6.45, 7) is 10.6. The van der Waals surface area contributed by atoms with Gasteiger partial charge in [0.1, 0.15) is 5.52 Å². The third-order valence-electron chi connectivity index (χ3n) is 7.12. The Morgan fingerprint density at radius 2 is 1.97 bits per heavy atom. The molecule has 5 rings (SSSR count). The largest absolute Gasteiger partial charge is 0.364 e. The van der Waals surface area contributed by atoms with E-state index in [4.69, 9.17) is 4.98 Å². The number of piperazine rings is 1. The van der Waals surface area contributed by atoms with E-state index >= 15 is 0 Å². The summed E-state index contributed by atoms with van der Waals surface area (Å²) < 4.78 is 1.64. The molecule has 4 heterocycles. The smallest absolute Gasteiger partial charge is 0.252 e. The molecule has 0 spiro atoms. The Morgan fingerprint density at radius 1 is 1.15 bits per heavy atom. The van der Waals surface area contributed by atoms with Crippen LogP contribution >= 0.6 is 0 Å². The van der Waals surface area contributed by atoms with E-state index in [-0.39, 0.29) is 17.6 Å². The SMILES string of the molecule is CCc1cnc2ccc(C(C)N3C[C@H](C)N(c4cc(=O)n(C)c5c[nH]nc45)C[C@H]3C)cc2n1. The number of pyridine rings is 1. The van der Waals surface area contributed by atoms with Gasteiger partial charge in [-0.2, -0.15) is 5.10 Å². The van der Waals surface area contributed by atoms with Crippen molar-refractivity contribution in [3.8, 4) is 0 Å². The number of aryl methyl sites for hydroxylation is 2. The van der Waals surface area contributed by atoms with Gasteiger partial charge in [-0.3, -0.25) is 19.8 Å². The number of aromatic amines is 1. The molecule has 172 valence electrons. The molecular weight excluding hydrogens is 414 g/mol. The zero-order valence-corrected chi connectivity index (χ0v) is 19.9. The van der Waals surface area contributed by atoms with E-state index in [2.05, 4.69) is 70.9 Å². The van der Waals surface area contributed by atoms with Crippen molar-refractivity contribution in [2.75, 3.05) is 18.0 Å². The number of nitrogens with zero attached hydrogens (tertiary/aromatic N) is 6. The normalized spacial score (nSPS) is 20.6. The van der Waals surface area contributed by atoms with Gasteiger partial charge in [0.05, 0.1) is 27.9 Å². The molecule has 3 aromatic heterocycles. The Bertz CT molecular complexity index is 1370. The first-order valence-corrected chi connectivity index (χ1v) is 11.7. The molecule has 1 fully saturated rings. The Hall–Kier alpha value is -3.26. The number of fused-ring (bicyclic) bond motifs is 2. The average molecular weight is 446 g/mol. The highest BCUT2D eigenvalue weighted by Crippen LogP contribution is 2.32. The van der Waals surface area contributed by atoms with Crippen LogP contribution in [-0.2, 0) is 13.5 Å². The van der Waals surface area contributed by atoms with Crippen molar-refractivity contribution in [1.82, 2.24) is 29.6 Å². The van der Waals surface area contributed by atoms with E-state index in [0.29, 0.717) is 6.04 Å². The number of nitrogens with one attached hydrogen (secondary N) is 1. The van der Waals surface area contributed by atoms with Gasteiger partial charge in [-0.05, 0) is 44.9 Å². The molecular formula is C25H31N7O. The van der Waals surface area contributed by atoms with Crippen LogP contribution in [0.5, 0.6) is 0 Å². The minimum Gasteiger partial charge on any atom is -0.364 e. The van der Waals surface area contributed by atoms with Crippen molar-refractivity contribution >= 4 is 27.8 Å². The molecule has 0 radical (unpaired) electrons. The summed E-state index contributed by atoms with van der Waals surface area (Å²) >= 11 is 0. The first-order chi connectivity index (χ1) is 15.9. The van der Waals surface area contributed by atoms with Crippen LogP contribution in [0, 0.1) is 0 Å². The fourth-order valence-corrected chi connectivity index (χ4v) is 5.06. The molecule has 1 saturated heterocycles. The minimum atomic E-state index is -0.0155. The second-order valence-corrected chi connectivity index (χ2v) is 9.23. The summed E-state index contributed by atoms with van der Waals surface area (Å²) in [5.74, 6) is 0. The van der Waals surface area contributed by atoms with Gasteiger partial charge in [0.2, 0.25) is 0 Å². The Kier molecular flexibility index (Phi) is 5.40. The van der Waals surface area contributed by atoms with Gasteiger partial charge < -0.3 is 9.47 Å². The number of benzene rings is 1. The summed E-state index contributed by atoms with van der Waals surface area (Å²) in [5.41, 5.74) is 6.73. The van der Waals surface area contributed by atoms with Crippen LogP contribution in [0.25, 0.3) is 22.1 Å². The van der Waals surface area contributed by atoms with Gasteiger partial charge in [-0.25, -0.2) is 4.98 Å². The molecule has 8 heteroatoms. The summed E-state index contributed by atoms with van der Waals surface area (Å²) in [6.07, 6.45) is 4.53. The number of hydrogen-bond donors (Lipinski definition) is 1. The molecule has 4 aromatic rings. The minimum absolute atomic E-state index is 0.0155. The third-order valence-corrected chi connectivity index (χ3v) is 7.12. The Balaban J connectivity index is 1.43. The van der Waals surface area contributed by atoms with Crippen LogP contribution in [0.15, 0.2) is 41.5 Å². The number of hydrogen-bond acceptors (Lipinski definition) is 6. The van der Waals surface area contributed by atoms with E-state index in [9.17, 15) is 4.79 Å². The number of rotatable bonds is 4. The lowest BCUT2D eigenvalue weighted by Gasteiger charge is -2.47. The maximum atomic E-state index is 12.6. The lowest BCUT2D eigenvalue weighted by atomic mass is 9.99. The maximum absolute atomic E-state index is 12.6. The van der Waals surface area contributed by atoms with E-state index in [0.717, 1.165) is 53.0 Å². The number of anilines is 1. The molecule has 1 N–H and O–H groups in total. The predicted molar refractivity (Wildman–Crippen MR) is 132 cm³/mol. The monoisotopic (exact) mass is 445 g/mol. The average Bonchev–Trinajstić information content (AvgIpc) is 3.32. The van der Waals surface area contributed by atoms with Gasteiger partial charge in [-0.1, -0.05) is 13.0 Å². The third kappa shape index (κ3) is 3.68. The van der Waals surface area contributed by atoms with Crippen LogP contribution < -0.4 is 10.5 Å². The van der Waals surface area contributed by atoms with E-state index in [1.165, 1.54) is 5.56 Å². The predicted octanol–water partition coefficient (Wildman–Crippen LogP) is 3.43. The van der Waals surface area contributed by atoms with E-state index in [1.54, 1.807) is 23.9 Å². The first-order valence-electron chi connectivity index (χ1n) is 11.7. The topological polar surface area (TPSA) is 82.9 Å². The molecule has 3 atom stereocenters. The van der Waals surface area contributed by atoms with Crippen molar-refractivity contribution < 1.29 is 0 Å². The highest BCUT2D eigenvalue weighted by atomic mass is 16.1. The van der Waals surface area contributed by atoms with Crippen molar-refractivity contribution in [1.29, 1.82) is 0 Å². The fraction of sp³-hybridized carbons (Fsp3) is 0.440. The zero-order valence-electron chi connectivity index (χ0n) is 19.9. The second-order valence-electron chi connectivity index (χ2n) is 9.23. The summed E-state index contributed by atoms with van der Waals surface area (Å²) in [6, 6.07) is 8.94. The number of aromatic nitrogens is 5. The molecule has 33 heavy (non-hydrogen) atoms. The van der Waals surface area contributed by atoms with Gasteiger partial charge in [0, 0.05) is 56.7 Å². The van der Waals surface area contributed by atoms with Crippen LogP contribution in [0.1, 0.15) is 45.0 Å². The molecule has 8 nitrogen and oxygen atoms in total. The van der Waals surface area contributed by atoms with Crippen molar-refractivity contribution in [2.24, 2.45) is 7.05 Å². The van der Waals surface area contributed by atoms with Crippen molar-refractivity contribution in [2.45, 2.75) is 52.2 Å². The highest BCUT2D eigenvalue weighted by molar-refractivity contribution is 5.88. The van der Waals surface area contributed by atoms with Crippen molar-refractivity contribution in [3.63, 3.8) is 0 Å². The second kappa shape index (κ2) is 8.26. The zero-order chi connectivity index (χ0) is 23.3. The van der Waals surface area contributed by atoms with Crippen LogP contribution in [-0.4, -0.2) is 54.8 Å². The van der Waals surface area contributed by atoms with Gasteiger partial charge in [-0.15, -0.1) is 0 Å². The molecule has 0 saturated carbocycles. The standard InChI is InChI=1S/C25H31N7O/c1-6-19-11-26-20-8-7-18(9-21(20)28-19)17(4)31-13-16(3)32(14-15(31)2)22-10-24(33)30(5)23-12-27-29-25(22)23/h7-12,15-17H,6,13-14H2,1-5H3,(H,27,29)/t15-,16+,17?/m1/s1. The molecule has 0 aliphatic carbocycles. The molecule has 0 bridgehead atoms. The lowest BCUT2D eigenvalue weighted by Crippen LogP contribution is -2.57. The summed E-state index contributed by atoms with van der Waals surface area (Å²) in [4.78, 5) is 26.8. The van der Waals surface area contributed by atoms with Crippen LogP contribution in [0.4, 0.5) is 5.69 Å². The van der Waals surface area contributed by atoms with Crippen LogP contribution in [0.2, 0.25) is 0 Å². The first kappa shape index (κ1) is 21.6.